The summed E-state index contributed by atoms with van der Waals surface area (Å²) in [6.07, 6.45) is 11.8. The maximum Gasteiger partial charge on any atom is 0.270 e. The molecule has 6 amide bonds. The van der Waals surface area contributed by atoms with Crippen molar-refractivity contribution in [3.05, 3.63) is 36.5 Å². The van der Waals surface area contributed by atoms with Gasteiger partial charge in [0.1, 0.15) is 0 Å². The number of hydrogen-bond donors (Lipinski definition) is 4. The maximum atomic E-state index is 12.0. The molecule has 1 heterocycles. The Labute approximate surface area is 243 Å². The number of hydroxylamine groups is 6. The van der Waals surface area contributed by atoms with Crippen LogP contribution < -0.4 is 5.32 Å². The van der Waals surface area contributed by atoms with Crippen molar-refractivity contribution < 1.29 is 44.4 Å². The van der Waals surface area contributed by atoms with Crippen LogP contribution in [-0.2, 0) is 28.8 Å². The van der Waals surface area contributed by atoms with Crippen LogP contribution in [0.5, 0.6) is 0 Å². The number of allylic oxidation sites excluding steroid dienone is 1. The summed E-state index contributed by atoms with van der Waals surface area (Å²) in [6, 6.07) is 0. The van der Waals surface area contributed by atoms with Gasteiger partial charge in [-0.05, 0) is 25.7 Å². The smallest absolute Gasteiger partial charge is 0.270 e. The minimum absolute atomic E-state index is 0.00190. The average molecular weight is 591 g/mol. The molecule has 15 nitrogen and oxygen atoms in total. The number of nitrogens with zero attached hydrogens (tertiary/aromatic N) is 5. The van der Waals surface area contributed by atoms with Gasteiger partial charge in [0.05, 0.1) is 13.1 Å². The van der Waals surface area contributed by atoms with E-state index in [0.717, 1.165) is 12.2 Å². The molecule has 0 aromatic heterocycles. The van der Waals surface area contributed by atoms with Gasteiger partial charge in [-0.2, -0.15) is 0 Å². The normalized spacial score (nSPS) is 22.1. The molecule has 1 aliphatic heterocycles. The number of carbonyl (C=O) groups excluding carboxylic acids is 6. The van der Waals surface area contributed by atoms with Gasteiger partial charge >= 0.3 is 0 Å². The fourth-order valence-electron chi connectivity index (χ4n) is 3.15. The number of hydrogen-bond acceptors (Lipinski definition) is 9. The van der Waals surface area contributed by atoms with Gasteiger partial charge in [-0.1, -0.05) is 24.3 Å². The van der Waals surface area contributed by atoms with Crippen molar-refractivity contribution in [2.45, 2.75) is 57.8 Å². The van der Waals surface area contributed by atoms with E-state index >= 15 is 0 Å². The lowest BCUT2D eigenvalue weighted by molar-refractivity contribution is -0.165. The Balaban J connectivity index is 2.69. The van der Waals surface area contributed by atoms with E-state index in [0.29, 0.717) is 34.5 Å². The molecular weight excluding hydrogens is 552 g/mol. The molecule has 0 radical (unpaired) electrons. The molecule has 0 fully saturated rings. The third-order valence-corrected chi connectivity index (χ3v) is 5.49. The van der Waals surface area contributed by atoms with Crippen molar-refractivity contribution in [1.82, 2.24) is 20.5 Å². The van der Waals surface area contributed by atoms with E-state index in [4.69, 9.17) is 0 Å². The molecule has 0 unspecified atom stereocenters. The Hall–Kier alpha value is -4.34. The Bertz CT molecular complexity index is 1080. The van der Waals surface area contributed by atoms with Crippen LogP contribution >= 0.6 is 0 Å². The van der Waals surface area contributed by atoms with Gasteiger partial charge in [0.2, 0.25) is 29.5 Å². The summed E-state index contributed by atoms with van der Waals surface area (Å²) in [7, 11) is 0. The monoisotopic (exact) mass is 590 g/mol. The quantitative estimate of drug-likeness (QED) is 0.235. The zero-order valence-electron chi connectivity index (χ0n) is 23.3. The van der Waals surface area contributed by atoms with Crippen molar-refractivity contribution in [3.63, 3.8) is 0 Å². The van der Waals surface area contributed by atoms with Crippen molar-refractivity contribution >= 4 is 47.9 Å². The molecule has 230 valence electrons. The average Bonchev–Trinajstić information content (AvgIpc) is 2.97. The zero-order chi connectivity index (χ0) is 31.2. The van der Waals surface area contributed by atoms with Gasteiger partial charge in [-0.15, -0.1) is 0 Å². The highest BCUT2D eigenvalue weighted by atomic mass is 16.5. The molecule has 0 saturated carbocycles. The molecule has 0 atom stereocenters. The first-order chi connectivity index (χ1) is 20.1. The molecule has 0 aromatic rings. The van der Waals surface area contributed by atoms with Crippen LogP contribution in [0.4, 0.5) is 0 Å². The fraction of sp³-hybridized carbons (Fsp3) is 0.481. The molecule has 4 N–H and O–H groups in total. The Morgan fingerprint density at radius 1 is 0.643 bits per heavy atom. The molecule has 0 spiro atoms. The van der Waals surface area contributed by atoms with E-state index < -0.39 is 35.4 Å². The van der Waals surface area contributed by atoms with E-state index in [1.54, 1.807) is 18.2 Å². The van der Waals surface area contributed by atoms with Crippen molar-refractivity contribution in [2.75, 3.05) is 26.2 Å². The van der Waals surface area contributed by atoms with Crippen LogP contribution in [-0.4, -0.2) is 105 Å². The molecule has 1 aliphatic rings. The SMILES string of the molecule is O=C1CCC(=O)N(O)C/C=C/CC=NC(=O)CCC(=O)N(O)CC/C=C/CNC(=O)/C=C\C(=O)N(O)CCCCC=N1. The fourth-order valence-corrected chi connectivity index (χ4v) is 3.15. The molecule has 0 aromatic carbocycles. The van der Waals surface area contributed by atoms with Gasteiger partial charge in [0.25, 0.3) is 5.91 Å². The van der Waals surface area contributed by atoms with Crippen molar-refractivity contribution in [3.8, 4) is 0 Å². The second-order valence-electron chi connectivity index (χ2n) is 8.91. The predicted octanol–water partition coefficient (Wildman–Crippen LogP) is 1.14. The van der Waals surface area contributed by atoms with Gasteiger partial charge in [-0.25, -0.2) is 25.2 Å². The molecule has 0 saturated heterocycles. The second-order valence-corrected chi connectivity index (χ2v) is 8.91. The van der Waals surface area contributed by atoms with Gasteiger partial charge < -0.3 is 5.32 Å². The third-order valence-electron chi connectivity index (χ3n) is 5.49. The number of nitrogens with one attached hydrogen (secondary N) is 1. The topological polar surface area (TPSA) is 210 Å². The predicted molar refractivity (Wildman–Crippen MR) is 149 cm³/mol. The summed E-state index contributed by atoms with van der Waals surface area (Å²) >= 11 is 0. The largest absolute Gasteiger partial charge is 0.349 e. The van der Waals surface area contributed by atoms with E-state index in [2.05, 4.69) is 15.3 Å². The minimum Gasteiger partial charge on any atom is -0.349 e. The van der Waals surface area contributed by atoms with E-state index in [-0.39, 0.29) is 64.7 Å². The number of carbonyl (C=O) groups is 6. The highest BCUT2D eigenvalue weighted by Crippen LogP contribution is 2.02. The Morgan fingerprint density at radius 2 is 1.31 bits per heavy atom. The first kappa shape index (κ1) is 35.7. The lowest BCUT2D eigenvalue weighted by Gasteiger charge is -2.13. The first-order valence-corrected chi connectivity index (χ1v) is 13.5. The van der Waals surface area contributed by atoms with Crippen LogP contribution in [0.15, 0.2) is 46.4 Å². The van der Waals surface area contributed by atoms with Crippen LogP contribution in [0.2, 0.25) is 0 Å². The molecule has 0 bridgehead atoms. The molecule has 42 heavy (non-hydrogen) atoms. The van der Waals surface area contributed by atoms with E-state index in [9.17, 15) is 44.4 Å². The van der Waals surface area contributed by atoms with Crippen LogP contribution in [0.25, 0.3) is 0 Å². The van der Waals surface area contributed by atoms with E-state index in [1.165, 1.54) is 18.5 Å². The van der Waals surface area contributed by atoms with Gasteiger partial charge in [0, 0.05) is 69.8 Å². The number of rotatable bonds is 0. The van der Waals surface area contributed by atoms with Gasteiger partial charge in [-0.3, -0.25) is 44.4 Å². The van der Waals surface area contributed by atoms with Crippen LogP contribution in [0, 0.1) is 0 Å². The molecule has 15 heteroatoms. The third kappa shape index (κ3) is 17.4. The molecule has 1 rings (SSSR count). The van der Waals surface area contributed by atoms with Crippen molar-refractivity contribution in [2.24, 2.45) is 9.98 Å². The summed E-state index contributed by atoms with van der Waals surface area (Å²) in [5.74, 6) is -3.79. The molecule has 0 aliphatic carbocycles. The van der Waals surface area contributed by atoms with Crippen LogP contribution in [0.3, 0.4) is 0 Å². The maximum absolute atomic E-state index is 12.0. The van der Waals surface area contributed by atoms with E-state index in [1.807, 2.05) is 0 Å². The summed E-state index contributed by atoms with van der Waals surface area (Å²) < 4.78 is 0. The lowest BCUT2D eigenvalue weighted by Crippen LogP contribution is -2.28. The standard InChI is InChI=1S/C27H38N6O9/c34-22-10-14-26(38)32(41)20-8-3-6-18-30-24(36)12-15-27(39)33(42)21-9-2-5-17-29-23(35)11-13-25(37)31(40)19-7-1-4-16-28-22/h1-2,4,9-10,14,17-18,40-42H,3,5-8,11-13,15-16,19-21H2,(H,28,34)/b4-1+,9-2+,14-10-,29-17?,30-18?. The summed E-state index contributed by atoms with van der Waals surface area (Å²) in [5.41, 5.74) is 0. The minimum atomic E-state index is -0.787. The molecular formula is C27H38N6O9. The number of amides is 6. The summed E-state index contributed by atoms with van der Waals surface area (Å²) in [4.78, 5) is 78.8. The summed E-state index contributed by atoms with van der Waals surface area (Å²) in [6.45, 7) is -0.0428. The zero-order valence-corrected chi connectivity index (χ0v) is 23.3. The highest BCUT2D eigenvalue weighted by molar-refractivity contribution is 5.96. The van der Waals surface area contributed by atoms with Crippen LogP contribution in [0.1, 0.15) is 57.8 Å². The lowest BCUT2D eigenvalue weighted by atomic mass is 10.2. The first-order valence-electron chi connectivity index (χ1n) is 13.5. The Morgan fingerprint density at radius 3 is 2.02 bits per heavy atom. The number of aliphatic imine (C=N–C) groups is 2. The van der Waals surface area contributed by atoms with Crippen molar-refractivity contribution in [1.29, 1.82) is 0 Å². The highest BCUT2D eigenvalue weighted by Gasteiger charge is 2.13. The summed E-state index contributed by atoms with van der Waals surface area (Å²) in [5, 5.41) is 33.3. The van der Waals surface area contributed by atoms with Gasteiger partial charge in [0.15, 0.2) is 0 Å². The Kier molecular flexibility index (Phi) is 18.2. The second kappa shape index (κ2) is 21.4.